The first-order valence-electron chi connectivity index (χ1n) is 14.2. The summed E-state index contributed by atoms with van der Waals surface area (Å²) >= 11 is 1.16. The molecule has 0 aliphatic carbocycles. The number of nitrogens with zero attached hydrogens (tertiary/aromatic N) is 5. The van der Waals surface area contributed by atoms with Crippen LogP contribution in [0.2, 0.25) is 0 Å². The van der Waals surface area contributed by atoms with Gasteiger partial charge in [-0.25, -0.2) is 13.8 Å². The number of hydrogen-bond donors (Lipinski definition) is 2. The van der Waals surface area contributed by atoms with Crippen molar-refractivity contribution in [3.8, 4) is 5.00 Å². The maximum Gasteiger partial charge on any atom is 0.333 e. The Morgan fingerprint density at radius 2 is 1.81 bits per heavy atom. The van der Waals surface area contributed by atoms with Crippen LogP contribution in [0.3, 0.4) is 0 Å². The summed E-state index contributed by atoms with van der Waals surface area (Å²) in [6, 6.07) is 4.17. The fourth-order valence-corrected chi connectivity index (χ4v) is 6.16. The maximum absolute atomic E-state index is 14.6. The predicted molar refractivity (Wildman–Crippen MR) is 163 cm³/mol. The number of aryl methyl sites for hydroxylation is 2. The lowest BCUT2D eigenvalue weighted by Gasteiger charge is -2.29. The first kappa shape index (κ1) is 32.2. The minimum absolute atomic E-state index is 0.108. The third-order valence-electron chi connectivity index (χ3n) is 7.14. The smallest absolute Gasteiger partial charge is 0.333 e. The molecule has 2 N–H and O–H groups in total. The zero-order chi connectivity index (χ0) is 31.9. The Balaban J connectivity index is 2.04. The number of amides is 1. The number of nitrogens with one attached hydrogen (secondary N) is 1. The monoisotopic (exact) mass is 614 g/mol. The van der Waals surface area contributed by atoms with E-state index in [-0.39, 0.29) is 24.6 Å². The highest BCUT2D eigenvalue weighted by atomic mass is 32.1. The van der Waals surface area contributed by atoms with Crippen LogP contribution in [0.25, 0.3) is 15.2 Å². The molecule has 1 atom stereocenters. The van der Waals surface area contributed by atoms with Crippen LogP contribution in [0.5, 0.6) is 0 Å². The van der Waals surface area contributed by atoms with E-state index < -0.39 is 40.2 Å². The van der Waals surface area contributed by atoms with Gasteiger partial charge in [-0.2, -0.15) is 10.2 Å². The van der Waals surface area contributed by atoms with E-state index >= 15 is 0 Å². The number of aliphatic hydroxyl groups is 1. The first-order chi connectivity index (χ1) is 20.1. The number of rotatable bonds is 11. The van der Waals surface area contributed by atoms with Crippen molar-refractivity contribution in [1.82, 2.24) is 29.4 Å². The number of ether oxygens (including phenoxy) is 1. The van der Waals surface area contributed by atoms with Gasteiger partial charge in [0.2, 0.25) is 5.91 Å². The fourth-order valence-electron chi connectivity index (χ4n) is 4.94. The SMILES string of the molecule is CCc1ccc(F)cc1C(Cn1c(=O)n(C(C)(C)C(=O)NC(C)C)c(=O)c2c(C)c(-n3nccn3)sc21)OCC(C)(C)O. The molecule has 1 unspecified atom stereocenters. The van der Waals surface area contributed by atoms with Crippen LogP contribution in [0, 0.1) is 12.7 Å². The third kappa shape index (κ3) is 6.48. The summed E-state index contributed by atoms with van der Waals surface area (Å²) in [5.74, 6) is -0.972. The normalized spacial score (nSPS) is 13.2. The van der Waals surface area contributed by atoms with Crippen LogP contribution in [0.15, 0.2) is 40.2 Å². The summed E-state index contributed by atoms with van der Waals surface area (Å²) in [4.78, 5) is 43.5. The largest absolute Gasteiger partial charge is 0.388 e. The molecular weight excluding hydrogens is 575 g/mol. The van der Waals surface area contributed by atoms with Crippen molar-refractivity contribution in [2.24, 2.45) is 0 Å². The van der Waals surface area contributed by atoms with Gasteiger partial charge in [0.1, 0.15) is 27.3 Å². The zero-order valence-corrected chi connectivity index (χ0v) is 26.6. The zero-order valence-electron chi connectivity index (χ0n) is 25.8. The Morgan fingerprint density at radius 3 is 2.40 bits per heavy atom. The lowest BCUT2D eigenvalue weighted by molar-refractivity contribution is -0.129. The van der Waals surface area contributed by atoms with Crippen LogP contribution >= 0.6 is 11.3 Å². The molecule has 0 fully saturated rings. The number of halogens is 1. The van der Waals surface area contributed by atoms with E-state index in [0.29, 0.717) is 27.4 Å². The van der Waals surface area contributed by atoms with Gasteiger partial charge in [-0.15, -0.1) is 4.80 Å². The highest BCUT2D eigenvalue weighted by Gasteiger charge is 2.36. The van der Waals surface area contributed by atoms with Gasteiger partial charge in [0.25, 0.3) is 5.56 Å². The molecule has 1 aromatic carbocycles. The fraction of sp³-hybridized carbons (Fsp3) is 0.500. The molecule has 0 bridgehead atoms. The standard InChI is InChI=1S/C30H39FN6O5S/c1-9-19-10-11-20(31)14-21(19)22(42-16-29(5,6)41)15-35-26-23(18(4)25(43-26)37-32-12-13-33-37)24(38)36(28(35)40)30(7,8)27(39)34-17(2)3/h10-14,17,22,41H,9,15-16H2,1-8H3,(H,34,39). The number of fused-ring (bicyclic) bond motifs is 1. The van der Waals surface area contributed by atoms with Gasteiger partial charge in [0.15, 0.2) is 0 Å². The van der Waals surface area contributed by atoms with Crippen molar-refractivity contribution in [1.29, 1.82) is 0 Å². The van der Waals surface area contributed by atoms with Gasteiger partial charge >= 0.3 is 5.69 Å². The number of aromatic nitrogens is 5. The van der Waals surface area contributed by atoms with Crippen LogP contribution < -0.4 is 16.6 Å². The maximum atomic E-state index is 14.6. The Morgan fingerprint density at radius 1 is 1.16 bits per heavy atom. The van der Waals surface area contributed by atoms with E-state index in [9.17, 15) is 23.9 Å². The van der Waals surface area contributed by atoms with Crippen molar-refractivity contribution >= 4 is 27.5 Å². The Labute approximate surface area is 252 Å². The van der Waals surface area contributed by atoms with Crippen LogP contribution in [-0.2, 0) is 28.0 Å². The van der Waals surface area contributed by atoms with Gasteiger partial charge in [0, 0.05) is 11.6 Å². The molecule has 3 heterocycles. The highest BCUT2D eigenvalue weighted by molar-refractivity contribution is 7.21. The van der Waals surface area contributed by atoms with Crippen LogP contribution in [0.4, 0.5) is 4.39 Å². The van der Waals surface area contributed by atoms with Crippen molar-refractivity contribution in [2.45, 2.75) is 91.6 Å². The number of benzene rings is 1. The summed E-state index contributed by atoms with van der Waals surface area (Å²) in [5.41, 5.74) is -2.27. The summed E-state index contributed by atoms with van der Waals surface area (Å²) in [6.45, 7) is 13.2. The number of carbonyl (C=O) groups excluding carboxylic acids is 1. The van der Waals surface area contributed by atoms with Crippen molar-refractivity contribution in [3.63, 3.8) is 0 Å². The summed E-state index contributed by atoms with van der Waals surface area (Å²) in [6.07, 6.45) is 2.69. The number of thiophene rings is 1. The number of carbonyl (C=O) groups is 1. The topological polar surface area (TPSA) is 133 Å². The summed E-state index contributed by atoms with van der Waals surface area (Å²) in [5, 5.41) is 22.5. The van der Waals surface area contributed by atoms with E-state index in [0.717, 1.165) is 21.5 Å². The molecule has 0 saturated heterocycles. The molecule has 0 radical (unpaired) electrons. The van der Waals surface area contributed by atoms with Crippen molar-refractivity contribution in [2.75, 3.05) is 6.61 Å². The highest BCUT2D eigenvalue weighted by Crippen LogP contribution is 2.33. The van der Waals surface area contributed by atoms with E-state index in [1.807, 2.05) is 6.92 Å². The molecule has 232 valence electrons. The Hall–Kier alpha value is -3.68. The molecule has 13 heteroatoms. The van der Waals surface area contributed by atoms with Crippen LogP contribution in [0.1, 0.15) is 71.3 Å². The Kier molecular flexibility index (Phi) is 9.10. The lowest BCUT2D eigenvalue weighted by atomic mass is 9.99. The molecular formula is C30H39FN6O5S. The molecule has 3 aromatic heterocycles. The quantitative estimate of drug-likeness (QED) is 0.264. The molecule has 0 aliphatic rings. The predicted octanol–water partition coefficient (Wildman–Crippen LogP) is 3.60. The molecule has 4 rings (SSSR count). The van der Waals surface area contributed by atoms with Crippen molar-refractivity contribution < 1.29 is 19.0 Å². The van der Waals surface area contributed by atoms with Crippen molar-refractivity contribution in [3.05, 3.63) is 73.9 Å². The van der Waals surface area contributed by atoms with Crippen LogP contribution in [-0.4, -0.2) is 53.4 Å². The molecule has 43 heavy (non-hydrogen) atoms. The van der Waals surface area contributed by atoms with Gasteiger partial charge in [0.05, 0.1) is 36.5 Å². The van der Waals surface area contributed by atoms with E-state index in [1.165, 1.54) is 47.7 Å². The molecule has 0 aliphatic heterocycles. The second-order valence-electron chi connectivity index (χ2n) is 12.1. The second kappa shape index (κ2) is 12.1. The molecule has 0 saturated carbocycles. The number of hydrogen-bond acceptors (Lipinski definition) is 8. The summed E-state index contributed by atoms with van der Waals surface area (Å²) in [7, 11) is 0. The summed E-state index contributed by atoms with van der Waals surface area (Å²) < 4.78 is 23.1. The molecule has 11 nitrogen and oxygen atoms in total. The lowest BCUT2D eigenvalue weighted by Crippen LogP contribution is -2.56. The van der Waals surface area contributed by atoms with Gasteiger partial charge < -0.3 is 15.2 Å². The average molecular weight is 615 g/mol. The minimum Gasteiger partial charge on any atom is -0.388 e. The minimum atomic E-state index is -1.57. The Bertz CT molecular complexity index is 1750. The van der Waals surface area contributed by atoms with E-state index in [2.05, 4.69) is 15.5 Å². The third-order valence-corrected chi connectivity index (χ3v) is 8.42. The second-order valence-corrected chi connectivity index (χ2v) is 13.0. The van der Waals surface area contributed by atoms with Gasteiger partial charge in [-0.1, -0.05) is 24.3 Å². The average Bonchev–Trinajstić information content (AvgIpc) is 3.55. The van der Waals surface area contributed by atoms with E-state index in [1.54, 1.807) is 40.7 Å². The van der Waals surface area contributed by atoms with E-state index in [4.69, 9.17) is 4.74 Å². The van der Waals surface area contributed by atoms with Gasteiger partial charge in [-0.05, 0) is 78.1 Å². The van der Waals surface area contributed by atoms with Gasteiger partial charge in [-0.3, -0.25) is 14.2 Å². The molecule has 4 aromatic rings. The first-order valence-corrected chi connectivity index (χ1v) is 15.0. The molecule has 0 spiro atoms. The molecule has 1 amide bonds.